The van der Waals surface area contributed by atoms with Crippen LogP contribution in [0.2, 0.25) is 0 Å². The Bertz CT molecular complexity index is 455. The SMILES string of the molecule is NC(=S)CN1CCC(NC(=O)Cc2ccccc2)CC1. The first-order valence-electron chi connectivity index (χ1n) is 6.97. The van der Waals surface area contributed by atoms with Gasteiger partial charge >= 0.3 is 0 Å². The van der Waals surface area contributed by atoms with Crippen molar-refractivity contribution in [3.05, 3.63) is 35.9 Å². The summed E-state index contributed by atoms with van der Waals surface area (Å²) < 4.78 is 0. The van der Waals surface area contributed by atoms with Gasteiger partial charge < -0.3 is 11.1 Å². The van der Waals surface area contributed by atoms with Crippen molar-refractivity contribution in [2.45, 2.75) is 25.3 Å². The van der Waals surface area contributed by atoms with Gasteiger partial charge in [0.2, 0.25) is 5.91 Å². The highest BCUT2D eigenvalue weighted by atomic mass is 32.1. The molecule has 0 aliphatic carbocycles. The molecule has 20 heavy (non-hydrogen) atoms. The second-order valence-corrected chi connectivity index (χ2v) is 5.77. The van der Waals surface area contributed by atoms with Crippen molar-refractivity contribution in [1.29, 1.82) is 0 Å². The number of carbonyl (C=O) groups is 1. The zero-order chi connectivity index (χ0) is 14.4. The molecule has 0 saturated carbocycles. The molecule has 3 N–H and O–H groups in total. The molecule has 0 radical (unpaired) electrons. The van der Waals surface area contributed by atoms with E-state index in [9.17, 15) is 4.79 Å². The van der Waals surface area contributed by atoms with Crippen molar-refractivity contribution in [3.63, 3.8) is 0 Å². The molecule has 1 fully saturated rings. The van der Waals surface area contributed by atoms with E-state index in [4.69, 9.17) is 18.0 Å². The van der Waals surface area contributed by atoms with E-state index in [1.165, 1.54) is 0 Å². The third-order valence-electron chi connectivity index (χ3n) is 3.54. The first kappa shape index (κ1) is 14.9. The lowest BCUT2D eigenvalue weighted by molar-refractivity contribution is -0.121. The Hall–Kier alpha value is -1.46. The van der Waals surface area contributed by atoms with Gasteiger partial charge in [-0.05, 0) is 18.4 Å². The first-order valence-corrected chi connectivity index (χ1v) is 7.38. The first-order chi connectivity index (χ1) is 9.63. The summed E-state index contributed by atoms with van der Waals surface area (Å²) >= 11 is 4.92. The Morgan fingerprint density at radius 2 is 1.95 bits per heavy atom. The average Bonchev–Trinajstić information content (AvgIpc) is 2.41. The number of rotatable bonds is 5. The Kier molecular flexibility index (Phi) is 5.49. The molecule has 1 saturated heterocycles. The number of nitrogens with one attached hydrogen (secondary N) is 1. The summed E-state index contributed by atoms with van der Waals surface area (Å²) in [5, 5.41) is 3.11. The molecule has 1 heterocycles. The Morgan fingerprint density at radius 1 is 1.30 bits per heavy atom. The van der Waals surface area contributed by atoms with Crippen molar-refractivity contribution in [1.82, 2.24) is 10.2 Å². The van der Waals surface area contributed by atoms with E-state index >= 15 is 0 Å². The molecule has 0 aromatic heterocycles. The van der Waals surface area contributed by atoms with Gasteiger partial charge in [-0.2, -0.15) is 0 Å². The Balaban J connectivity index is 1.72. The maximum absolute atomic E-state index is 12.0. The van der Waals surface area contributed by atoms with Gasteiger partial charge in [0.05, 0.1) is 11.4 Å². The molecule has 1 amide bonds. The molecule has 4 nitrogen and oxygen atoms in total. The molecule has 0 atom stereocenters. The molecule has 1 aromatic carbocycles. The number of likely N-dealkylation sites (tertiary alicyclic amines) is 1. The Labute approximate surface area is 125 Å². The molecule has 2 rings (SSSR count). The van der Waals surface area contributed by atoms with E-state index in [0.717, 1.165) is 31.5 Å². The van der Waals surface area contributed by atoms with Crippen LogP contribution in [0.1, 0.15) is 18.4 Å². The lowest BCUT2D eigenvalue weighted by atomic mass is 10.0. The number of nitrogens with zero attached hydrogens (tertiary/aromatic N) is 1. The number of nitrogens with two attached hydrogens (primary N) is 1. The maximum atomic E-state index is 12.0. The summed E-state index contributed by atoms with van der Waals surface area (Å²) in [6.45, 7) is 2.56. The van der Waals surface area contributed by atoms with Crippen molar-refractivity contribution in [3.8, 4) is 0 Å². The topological polar surface area (TPSA) is 58.4 Å². The number of thiocarbonyl (C=S) groups is 1. The molecular formula is C15H21N3OS. The smallest absolute Gasteiger partial charge is 0.224 e. The van der Waals surface area contributed by atoms with E-state index in [1.807, 2.05) is 30.3 Å². The van der Waals surface area contributed by atoms with Gasteiger partial charge in [0.1, 0.15) is 0 Å². The van der Waals surface area contributed by atoms with Crippen LogP contribution in [0.25, 0.3) is 0 Å². The summed E-state index contributed by atoms with van der Waals surface area (Å²) in [7, 11) is 0. The predicted octanol–water partition coefficient (Wildman–Crippen LogP) is 1.10. The van der Waals surface area contributed by atoms with Crippen LogP contribution < -0.4 is 11.1 Å². The van der Waals surface area contributed by atoms with Crippen LogP contribution in [0.3, 0.4) is 0 Å². The second kappa shape index (κ2) is 7.36. The highest BCUT2D eigenvalue weighted by molar-refractivity contribution is 7.80. The molecule has 108 valence electrons. The molecule has 1 aliphatic rings. The molecule has 0 bridgehead atoms. The van der Waals surface area contributed by atoms with Gasteiger partial charge in [-0.1, -0.05) is 42.5 Å². The van der Waals surface area contributed by atoms with E-state index in [-0.39, 0.29) is 11.9 Å². The molecule has 1 aromatic rings. The summed E-state index contributed by atoms with van der Waals surface area (Å²) in [6.07, 6.45) is 2.38. The number of amides is 1. The van der Waals surface area contributed by atoms with Gasteiger partial charge in [0.15, 0.2) is 0 Å². The zero-order valence-corrected chi connectivity index (χ0v) is 12.4. The van der Waals surface area contributed by atoms with Gasteiger partial charge in [0, 0.05) is 25.7 Å². The molecule has 1 aliphatic heterocycles. The van der Waals surface area contributed by atoms with Crippen LogP contribution in [-0.2, 0) is 11.2 Å². The standard InChI is InChI=1S/C15H21N3OS/c16-14(20)11-18-8-6-13(7-9-18)17-15(19)10-12-4-2-1-3-5-12/h1-5,13H,6-11H2,(H2,16,20)(H,17,19). The van der Waals surface area contributed by atoms with Gasteiger partial charge in [-0.25, -0.2) is 0 Å². The molecule has 0 spiro atoms. The molecule has 0 unspecified atom stereocenters. The third-order valence-corrected chi connectivity index (χ3v) is 3.67. The van der Waals surface area contributed by atoms with Crippen molar-refractivity contribution < 1.29 is 4.79 Å². The normalized spacial score (nSPS) is 16.8. The van der Waals surface area contributed by atoms with Crippen molar-refractivity contribution in [2.24, 2.45) is 5.73 Å². The highest BCUT2D eigenvalue weighted by Crippen LogP contribution is 2.10. The number of benzene rings is 1. The monoisotopic (exact) mass is 291 g/mol. The number of hydrogen-bond acceptors (Lipinski definition) is 3. The average molecular weight is 291 g/mol. The van der Waals surface area contributed by atoms with Crippen molar-refractivity contribution >= 4 is 23.1 Å². The van der Waals surface area contributed by atoms with E-state index in [2.05, 4.69) is 10.2 Å². The molecular weight excluding hydrogens is 270 g/mol. The summed E-state index contributed by atoms with van der Waals surface area (Å²) in [4.78, 5) is 14.8. The van der Waals surface area contributed by atoms with Gasteiger partial charge in [-0.15, -0.1) is 0 Å². The lowest BCUT2D eigenvalue weighted by Gasteiger charge is -2.31. The van der Waals surface area contributed by atoms with Gasteiger partial charge in [0.25, 0.3) is 0 Å². The van der Waals surface area contributed by atoms with Crippen molar-refractivity contribution in [2.75, 3.05) is 19.6 Å². The fourth-order valence-electron chi connectivity index (χ4n) is 2.52. The quantitative estimate of drug-likeness (QED) is 0.798. The largest absolute Gasteiger partial charge is 0.392 e. The van der Waals surface area contributed by atoms with Crippen LogP contribution in [0.5, 0.6) is 0 Å². The lowest BCUT2D eigenvalue weighted by Crippen LogP contribution is -2.46. The Morgan fingerprint density at radius 3 is 2.55 bits per heavy atom. The zero-order valence-electron chi connectivity index (χ0n) is 11.5. The minimum atomic E-state index is 0.101. The van der Waals surface area contributed by atoms with Crippen LogP contribution in [0, 0.1) is 0 Å². The summed E-state index contributed by atoms with van der Waals surface area (Å²) in [5.41, 5.74) is 6.60. The summed E-state index contributed by atoms with van der Waals surface area (Å²) in [5.74, 6) is 0.101. The van der Waals surface area contributed by atoms with Crippen LogP contribution in [-0.4, -0.2) is 41.5 Å². The predicted molar refractivity (Wildman–Crippen MR) is 84.5 cm³/mol. The maximum Gasteiger partial charge on any atom is 0.224 e. The minimum Gasteiger partial charge on any atom is -0.392 e. The minimum absolute atomic E-state index is 0.101. The van der Waals surface area contributed by atoms with E-state index in [0.29, 0.717) is 18.0 Å². The number of hydrogen-bond donors (Lipinski definition) is 2. The van der Waals surface area contributed by atoms with Crippen LogP contribution in [0.4, 0.5) is 0 Å². The van der Waals surface area contributed by atoms with Crippen LogP contribution >= 0.6 is 12.2 Å². The fourth-order valence-corrected chi connectivity index (χ4v) is 2.70. The number of carbonyl (C=O) groups excluding carboxylic acids is 1. The van der Waals surface area contributed by atoms with Crippen LogP contribution in [0.15, 0.2) is 30.3 Å². The number of piperidine rings is 1. The second-order valence-electron chi connectivity index (χ2n) is 5.25. The highest BCUT2D eigenvalue weighted by Gasteiger charge is 2.20. The van der Waals surface area contributed by atoms with E-state index < -0.39 is 0 Å². The van der Waals surface area contributed by atoms with Gasteiger partial charge in [-0.3, -0.25) is 9.69 Å². The summed E-state index contributed by atoms with van der Waals surface area (Å²) in [6, 6.07) is 10.1. The fraction of sp³-hybridized carbons (Fsp3) is 0.467. The van der Waals surface area contributed by atoms with E-state index in [1.54, 1.807) is 0 Å². The third kappa shape index (κ3) is 4.90. The molecule has 5 heteroatoms.